The third kappa shape index (κ3) is 2.52. The van der Waals surface area contributed by atoms with Crippen molar-refractivity contribution in [1.82, 2.24) is 5.32 Å². The minimum atomic E-state index is 0.462. The van der Waals surface area contributed by atoms with Gasteiger partial charge in [-0.2, -0.15) is 5.26 Å². The molecule has 0 unspecified atom stereocenters. The van der Waals surface area contributed by atoms with Crippen LogP contribution in [-0.2, 0) is 12.8 Å². The number of rotatable bonds is 2. The van der Waals surface area contributed by atoms with E-state index >= 15 is 0 Å². The van der Waals surface area contributed by atoms with Gasteiger partial charge in [0, 0.05) is 4.90 Å². The van der Waals surface area contributed by atoms with Crippen molar-refractivity contribution < 1.29 is 0 Å². The number of halogens is 1. The fourth-order valence-electron chi connectivity index (χ4n) is 1.97. The number of nitrogens with zero attached hydrogens (tertiary/aromatic N) is 1. The van der Waals surface area contributed by atoms with E-state index in [9.17, 15) is 0 Å². The Labute approximate surface area is 105 Å². The van der Waals surface area contributed by atoms with Gasteiger partial charge in [0.05, 0.1) is 16.8 Å². The average Bonchev–Trinajstić information content (AvgIpc) is 2.53. The van der Waals surface area contributed by atoms with E-state index in [1.807, 2.05) is 6.07 Å². The number of hydrogen-bond donors (Lipinski definition) is 1. The highest BCUT2D eigenvalue weighted by molar-refractivity contribution is 7.99. The number of nitrogens with one attached hydrogen (secondary N) is 1. The molecule has 84 valence electrons. The van der Waals surface area contributed by atoms with E-state index in [-0.39, 0.29) is 0 Å². The zero-order chi connectivity index (χ0) is 11.4. The van der Waals surface area contributed by atoms with Crippen molar-refractivity contribution >= 4 is 23.4 Å². The maximum absolute atomic E-state index is 8.65. The van der Waals surface area contributed by atoms with Crippen LogP contribution in [0.2, 0.25) is 5.02 Å². The van der Waals surface area contributed by atoms with Gasteiger partial charge in [0.2, 0.25) is 0 Å². The molecule has 1 aromatic carbocycles. The zero-order valence-electron chi connectivity index (χ0n) is 8.92. The predicted octanol–water partition coefficient (Wildman–Crippen LogP) is 2.64. The lowest BCUT2D eigenvalue weighted by atomic mass is 10.0. The van der Waals surface area contributed by atoms with E-state index in [1.54, 1.807) is 11.8 Å². The molecule has 0 fully saturated rings. The third-order valence-corrected chi connectivity index (χ3v) is 4.17. The third-order valence-electron chi connectivity index (χ3n) is 2.71. The Balaban J connectivity index is 2.37. The van der Waals surface area contributed by atoms with Crippen LogP contribution in [0.3, 0.4) is 0 Å². The normalized spacial score (nSPS) is 15.0. The second-order valence-electron chi connectivity index (χ2n) is 3.71. The topological polar surface area (TPSA) is 35.8 Å². The number of benzene rings is 1. The van der Waals surface area contributed by atoms with E-state index < -0.39 is 0 Å². The Kier molecular flexibility index (Phi) is 4.11. The molecule has 2 nitrogen and oxygen atoms in total. The standard InChI is InChI=1S/C12H13ClN2S/c13-11-2-1-9-3-6-15-7-4-10(9)12(11)16-8-5-14/h1-2,15H,3-4,6-8H2. The van der Waals surface area contributed by atoms with Gasteiger partial charge < -0.3 is 5.32 Å². The van der Waals surface area contributed by atoms with Gasteiger partial charge >= 0.3 is 0 Å². The van der Waals surface area contributed by atoms with Gasteiger partial charge in [0.15, 0.2) is 0 Å². The minimum absolute atomic E-state index is 0.462. The lowest BCUT2D eigenvalue weighted by Crippen LogP contribution is -2.16. The molecule has 0 bridgehead atoms. The Hall–Kier alpha value is -0.690. The van der Waals surface area contributed by atoms with E-state index in [0.717, 1.165) is 35.8 Å². The van der Waals surface area contributed by atoms with Crippen LogP contribution in [0, 0.1) is 11.3 Å². The monoisotopic (exact) mass is 252 g/mol. The summed E-state index contributed by atoms with van der Waals surface area (Å²) < 4.78 is 0. The van der Waals surface area contributed by atoms with Crippen molar-refractivity contribution in [3.8, 4) is 6.07 Å². The first-order valence-corrected chi connectivity index (χ1v) is 6.70. The van der Waals surface area contributed by atoms with Crippen molar-refractivity contribution in [2.45, 2.75) is 17.7 Å². The maximum atomic E-state index is 8.65. The molecule has 1 N–H and O–H groups in total. The first kappa shape index (κ1) is 11.8. The predicted molar refractivity (Wildman–Crippen MR) is 68.1 cm³/mol. The number of thioether (sulfide) groups is 1. The molecule has 0 atom stereocenters. The SMILES string of the molecule is N#CCSc1c(Cl)ccc2c1CCNCC2. The highest BCUT2D eigenvalue weighted by atomic mass is 35.5. The summed E-state index contributed by atoms with van der Waals surface area (Å²) in [5, 5.41) is 12.8. The largest absolute Gasteiger partial charge is 0.316 e. The highest BCUT2D eigenvalue weighted by Crippen LogP contribution is 2.33. The van der Waals surface area contributed by atoms with E-state index in [1.165, 1.54) is 11.1 Å². The van der Waals surface area contributed by atoms with Crippen LogP contribution in [-0.4, -0.2) is 18.8 Å². The molecule has 2 rings (SSSR count). The number of fused-ring (bicyclic) bond motifs is 1. The van der Waals surface area contributed by atoms with Gasteiger partial charge in [-0.3, -0.25) is 0 Å². The molecule has 0 spiro atoms. The lowest BCUT2D eigenvalue weighted by molar-refractivity contribution is 0.709. The summed E-state index contributed by atoms with van der Waals surface area (Å²) in [5.41, 5.74) is 2.70. The molecule has 0 aliphatic carbocycles. The summed E-state index contributed by atoms with van der Waals surface area (Å²) >= 11 is 7.75. The molecule has 0 saturated heterocycles. The molecular weight excluding hydrogens is 240 g/mol. The number of nitriles is 1. The summed E-state index contributed by atoms with van der Waals surface area (Å²) in [6.45, 7) is 2.02. The van der Waals surface area contributed by atoms with E-state index in [4.69, 9.17) is 16.9 Å². The fraction of sp³-hybridized carbons (Fsp3) is 0.417. The summed E-state index contributed by atoms with van der Waals surface area (Å²) in [5.74, 6) is 0.462. The first-order valence-electron chi connectivity index (χ1n) is 5.33. The van der Waals surface area contributed by atoms with Crippen LogP contribution >= 0.6 is 23.4 Å². The van der Waals surface area contributed by atoms with E-state index in [0.29, 0.717) is 5.75 Å². The van der Waals surface area contributed by atoms with Gasteiger partial charge in [0.25, 0.3) is 0 Å². The number of hydrogen-bond acceptors (Lipinski definition) is 3. The van der Waals surface area contributed by atoms with Crippen LogP contribution in [0.15, 0.2) is 17.0 Å². The van der Waals surface area contributed by atoms with Crippen LogP contribution in [0.1, 0.15) is 11.1 Å². The Morgan fingerprint density at radius 1 is 1.38 bits per heavy atom. The molecule has 1 aromatic rings. The first-order chi connectivity index (χ1) is 7.83. The second kappa shape index (κ2) is 5.58. The molecule has 1 aliphatic heterocycles. The van der Waals surface area contributed by atoms with Gasteiger partial charge in [-0.25, -0.2) is 0 Å². The molecule has 0 amide bonds. The second-order valence-corrected chi connectivity index (χ2v) is 5.10. The Bertz CT molecular complexity index is 426. The quantitative estimate of drug-likeness (QED) is 0.822. The molecule has 0 saturated carbocycles. The van der Waals surface area contributed by atoms with Crippen molar-refractivity contribution in [2.24, 2.45) is 0 Å². The molecule has 1 aliphatic rings. The van der Waals surface area contributed by atoms with Crippen molar-refractivity contribution in [3.05, 3.63) is 28.3 Å². The van der Waals surface area contributed by atoms with E-state index in [2.05, 4.69) is 17.5 Å². The van der Waals surface area contributed by atoms with Gasteiger partial charge in [-0.15, -0.1) is 11.8 Å². The summed E-state index contributed by atoms with van der Waals surface area (Å²) in [6, 6.07) is 6.22. The molecular formula is C12H13ClN2S. The summed E-state index contributed by atoms with van der Waals surface area (Å²) in [6.07, 6.45) is 2.05. The van der Waals surface area contributed by atoms with Crippen LogP contribution < -0.4 is 5.32 Å². The average molecular weight is 253 g/mol. The fourth-order valence-corrected chi connectivity index (χ4v) is 3.13. The molecule has 4 heteroatoms. The van der Waals surface area contributed by atoms with Crippen LogP contribution in [0.4, 0.5) is 0 Å². The Morgan fingerprint density at radius 2 is 2.19 bits per heavy atom. The molecule has 0 radical (unpaired) electrons. The van der Waals surface area contributed by atoms with Crippen molar-refractivity contribution in [2.75, 3.05) is 18.8 Å². The van der Waals surface area contributed by atoms with Crippen molar-refractivity contribution in [1.29, 1.82) is 5.26 Å². The van der Waals surface area contributed by atoms with Crippen LogP contribution in [0.5, 0.6) is 0 Å². The lowest BCUT2D eigenvalue weighted by Gasteiger charge is -2.12. The summed E-state index contributed by atoms with van der Waals surface area (Å²) in [7, 11) is 0. The van der Waals surface area contributed by atoms with Gasteiger partial charge in [-0.05, 0) is 43.1 Å². The minimum Gasteiger partial charge on any atom is -0.316 e. The summed E-state index contributed by atoms with van der Waals surface area (Å²) in [4.78, 5) is 1.10. The maximum Gasteiger partial charge on any atom is 0.0855 e. The Morgan fingerprint density at radius 3 is 3.00 bits per heavy atom. The zero-order valence-corrected chi connectivity index (χ0v) is 10.5. The molecule has 16 heavy (non-hydrogen) atoms. The van der Waals surface area contributed by atoms with Gasteiger partial charge in [-0.1, -0.05) is 17.7 Å². The molecule has 0 aromatic heterocycles. The van der Waals surface area contributed by atoms with Crippen LogP contribution in [0.25, 0.3) is 0 Å². The smallest absolute Gasteiger partial charge is 0.0855 e. The van der Waals surface area contributed by atoms with Gasteiger partial charge in [0.1, 0.15) is 0 Å². The van der Waals surface area contributed by atoms with Crippen molar-refractivity contribution in [3.63, 3.8) is 0 Å². The highest BCUT2D eigenvalue weighted by Gasteiger charge is 2.14. The molecule has 1 heterocycles.